The molecule has 0 aliphatic carbocycles. The van der Waals surface area contributed by atoms with Crippen molar-refractivity contribution in [2.24, 2.45) is 5.73 Å². The van der Waals surface area contributed by atoms with Gasteiger partial charge in [-0.1, -0.05) is 58.3 Å². The number of carbonyl (C=O) groups is 2. The Morgan fingerprint density at radius 3 is 2.22 bits per heavy atom. The number of carboxylic acids is 1. The van der Waals surface area contributed by atoms with Gasteiger partial charge in [-0.05, 0) is 25.7 Å². The highest BCUT2D eigenvalue weighted by molar-refractivity contribution is 5.75. The summed E-state index contributed by atoms with van der Waals surface area (Å²) in [6.07, 6.45) is 13.0. The van der Waals surface area contributed by atoms with Gasteiger partial charge in [0, 0.05) is 14.3 Å². The van der Waals surface area contributed by atoms with E-state index in [2.05, 4.69) is 5.32 Å². The first kappa shape index (κ1) is 19.9. The van der Waals surface area contributed by atoms with E-state index >= 15 is 0 Å². The van der Waals surface area contributed by atoms with Crippen molar-refractivity contribution in [2.75, 3.05) is 6.54 Å². The maximum absolute atomic E-state index is 11.6. The second kappa shape index (κ2) is 15.8. The van der Waals surface area contributed by atoms with Crippen LogP contribution in [0.1, 0.15) is 91.7 Å². The van der Waals surface area contributed by atoms with Crippen molar-refractivity contribution in [1.29, 1.82) is 0 Å². The molecule has 4 N–H and O–H groups in total. The molecule has 0 heterocycles. The number of nitrogens with two attached hydrogens (primary N) is 1. The second-order valence-electron chi connectivity index (χ2n) is 6.22. The predicted octanol–water partition coefficient (Wildman–Crippen LogP) is 3.61. The summed E-state index contributed by atoms with van der Waals surface area (Å²) < 4.78 is 7.07. The number of amides is 1. The van der Waals surface area contributed by atoms with Crippen molar-refractivity contribution in [3.05, 3.63) is 0 Å². The first-order valence-corrected chi connectivity index (χ1v) is 9.12. The molecular formula is C18H36N2O3. The van der Waals surface area contributed by atoms with Crippen molar-refractivity contribution in [2.45, 2.75) is 96.4 Å². The number of carbonyl (C=O) groups excluding carboxylic acids is 1. The molecule has 0 aromatic rings. The molecule has 0 radical (unpaired) electrons. The molecule has 5 heteroatoms. The van der Waals surface area contributed by atoms with Gasteiger partial charge in [0.05, 0.1) is 0 Å². The fourth-order valence-corrected chi connectivity index (χ4v) is 2.45. The summed E-state index contributed by atoms with van der Waals surface area (Å²) in [7, 11) is 0. The van der Waals surface area contributed by atoms with Crippen LogP contribution >= 0.6 is 0 Å². The highest BCUT2D eigenvalue weighted by Crippen LogP contribution is 2.10. The van der Waals surface area contributed by atoms with Crippen LogP contribution < -0.4 is 11.1 Å². The molecule has 0 fully saturated rings. The summed E-state index contributed by atoms with van der Waals surface area (Å²) in [6, 6.07) is -0.793. The Morgan fingerprint density at radius 2 is 1.61 bits per heavy atom. The fourth-order valence-electron chi connectivity index (χ4n) is 2.45. The molecule has 0 aliphatic heterocycles. The van der Waals surface area contributed by atoms with Crippen molar-refractivity contribution < 1.29 is 16.1 Å². The average molecular weight is 330 g/mol. The molecule has 0 aliphatic rings. The Balaban J connectivity index is 3.25. The lowest BCUT2D eigenvalue weighted by atomic mass is 10.1. The molecule has 0 rings (SSSR count). The Labute approximate surface area is 142 Å². The smallest absolute Gasteiger partial charge is 0.320 e. The molecule has 0 unspecified atom stereocenters. The van der Waals surface area contributed by atoms with E-state index < -0.39 is 12.0 Å². The molecule has 1 atom stereocenters. The highest BCUT2D eigenvalue weighted by atomic mass is 16.4. The van der Waals surface area contributed by atoms with E-state index in [0.29, 0.717) is 26.3 Å². The lowest BCUT2D eigenvalue weighted by Crippen LogP contribution is -2.30. The van der Waals surface area contributed by atoms with Crippen molar-refractivity contribution in [3.63, 3.8) is 0 Å². The Morgan fingerprint density at radius 1 is 1.00 bits per heavy atom. The number of rotatable bonds is 16. The highest BCUT2D eigenvalue weighted by Gasteiger charge is 2.10. The molecule has 5 nitrogen and oxygen atoms in total. The summed E-state index contributed by atoms with van der Waals surface area (Å²) in [5, 5.41) is 11.5. The number of hydrogen-bond donors (Lipinski definition) is 3. The molecule has 136 valence electrons. The van der Waals surface area contributed by atoms with Crippen LogP contribution in [0.2, 0.25) is 0 Å². The van der Waals surface area contributed by atoms with Gasteiger partial charge in [-0.25, -0.2) is 0 Å². The van der Waals surface area contributed by atoms with Crippen LogP contribution in [0.4, 0.5) is 0 Å². The van der Waals surface area contributed by atoms with Gasteiger partial charge in [-0.3, -0.25) is 9.59 Å². The van der Waals surface area contributed by atoms with Gasteiger partial charge in [-0.2, -0.15) is 0 Å². The van der Waals surface area contributed by atoms with Crippen LogP contribution in [-0.4, -0.2) is 29.6 Å². The van der Waals surface area contributed by atoms with Crippen LogP contribution in [0.3, 0.4) is 0 Å². The molecule has 1 amide bonds. The van der Waals surface area contributed by atoms with Gasteiger partial charge in [-0.15, -0.1) is 0 Å². The Bertz CT molecular complexity index is 327. The van der Waals surface area contributed by atoms with Crippen LogP contribution in [0.25, 0.3) is 0 Å². The largest absolute Gasteiger partial charge is 0.480 e. The molecule has 23 heavy (non-hydrogen) atoms. The lowest BCUT2D eigenvalue weighted by molar-refractivity contribution is -0.138. The van der Waals surface area contributed by atoms with Crippen LogP contribution in [0.5, 0.6) is 0 Å². The minimum Gasteiger partial charge on any atom is -0.480 e. The summed E-state index contributed by atoms with van der Waals surface area (Å²) in [4.78, 5) is 22.2. The molecule has 0 aromatic heterocycles. The summed E-state index contributed by atoms with van der Waals surface area (Å²) in [6.45, 7) is 1.15. The summed E-state index contributed by atoms with van der Waals surface area (Å²) in [5.74, 6) is -0.875. The van der Waals surface area contributed by atoms with E-state index in [1.807, 2.05) is 0 Å². The van der Waals surface area contributed by atoms with Gasteiger partial charge in [0.25, 0.3) is 0 Å². The zero-order chi connectivity index (χ0) is 18.0. The third-order valence-electron chi connectivity index (χ3n) is 3.99. The number of carboxylic acid groups (broad SMARTS) is 1. The minimum absolute atomic E-state index is 0.0907. The number of aliphatic carboxylic acids is 1. The standard InChI is InChI=1S/C18H36N2O3/c1-2-3-4-5-6-7-8-9-10-14-17(21)20-15-12-11-13-16(19)18(22)23/h16H,2-15,19H2,1H3,(H,20,21)(H,22,23)/t16-/m0/s1/i1D. The van der Waals surface area contributed by atoms with E-state index in [1.54, 1.807) is 0 Å². The van der Waals surface area contributed by atoms with Gasteiger partial charge >= 0.3 is 5.97 Å². The van der Waals surface area contributed by atoms with Crippen molar-refractivity contribution in [1.82, 2.24) is 5.32 Å². The molecule has 0 spiro atoms. The number of unbranched alkanes of at least 4 members (excludes halogenated alkanes) is 9. The topological polar surface area (TPSA) is 92.4 Å². The minimum atomic E-state index is -0.966. The third kappa shape index (κ3) is 15.6. The van der Waals surface area contributed by atoms with E-state index in [9.17, 15) is 9.59 Å². The number of hydrogen-bond acceptors (Lipinski definition) is 3. The zero-order valence-electron chi connectivity index (χ0n) is 15.5. The predicted molar refractivity (Wildman–Crippen MR) is 94.3 cm³/mol. The first-order chi connectivity index (χ1) is 11.6. The summed E-state index contributed by atoms with van der Waals surface area (Å²) in [5.41, 5.74) is 5.41. The van der Waals surface area contributed by atoms with Gasteiger partial charge in [0.2, 0.25) is 5.91 Å². The van der Waals surface area contributed by atoms with Crippen LogP contribution in [0, 0.1) is 0 Å². The molecule has 0 aromatic carbocycles. The maximum atomic E-state index is 11.6. The van der Waals surface area contributed by atoms with Crippen LogP contribution in [-0.2, 0) is 9.59 Å². The first-order valence-electron chi connectivity index (χ1n) is 9.83. The quantitative estimate of drug-likeness (QED) is 0.377. The van der Waals surface area contributed by atoms with Gasteiger partial charge in [0.15, 0.2) is 0 Å². The van der Waals surface area contributed by atoms with E-state index in [-0.39, 0.29) is 5.91 Å². The van der Waals surface area contributed by atoms with Gasteiger partial charge < -0.3 is 16.2 Å². The van der Waals surface area contributed by atoms with E-state index in [4.69, 9.17) is 12.2 Å². The zero-order valence-corrected chi connectivity index (χ0v) is 14.5. The van der Waals surface area contributed by atoms with E-state index in [1.165, 1.54) is 38.5 Å². The average Bonchev–Trinajstić information content (AvgIpc) is 2.55. The van der Waals surface area contributed by atoms with Crippen molar-refractivity contribution >= 4 is 11.9 Å². The molecule has 0 bridgehead atoms. The SMILES string of the molecule is [2H]CCCCCCCCCCCC(=O)NCCCC[C@H](N)C(=O)O. The molecular weight excluding hydrogens is 292 g/mol. The Kier molecular flexibility index (Phi) is 13.7. The maximum Gasteiger partial charge on any atom is 0.320 e. The lowest BCUT2D eigenvalue weighted by Gasteiger charge is -2.07. The second-order valence-corrected chi connectivity index (χ2v) is 6.22. The number of nitrogens with one attached hydrogen (secondary N) is 1. The monoisotopic (exact) mass is 329 g/mol. The van der Waals surface area contributed by atoms with E-state index in [0.717, 1.165) is 32.1 Å². The molecule has 0 saturated carbocycles. The third-order valence-corrected chi connectivity index (χ3v) is 3.99. The van der Waals surface area contributed by atoms with Crippen LogP contribution in [0.15, 0.2) is 0 Å². The van der Waals surface area contributed by atoms with Gasteiger partial charge in [0.1, 0.15) is 6.04 Å². The molecule has 0 saturated heterocycles. The summed E-state index contributed by atoms with van der Waals surface area (Å²) >= 11 is 0. The Hall–Kier alpha value is -1.10. The normalized spacial score (nSPS) is 12.7. The fraction of sp³-hybridized carbons (Fsp3) is 0.889. The van der Waals surface area contributed by atoms with Crippen molar-refractivity contribution in [3.8, 4) is 0 Å².